The number of likely N-dealkylation sites (N-methyl/N-ethyl adjacent to an activating group) is 1. The summed E-state index contributed by atoms with van der Waals surface area (Å²) in [6.45, 7) is 4.14. The fourth-order valence-electron chi connectivity index (χ4n) is 1.94. The standard InChI is InChI=1S/C16H18N2O/c1-2-18(12-14-8-10-17-11-9-14)13-16(19)15-6-4-3-5-7-15/h3-11H,2,12-13H2,1H3. The Morgan fingerprint density at radius 3 is 2.42 bits per heavy atom. The molecule has 0 radical (unpaired) electrons. The van der Waals surface area contributed by atoms with E-state index in [-0.39, 0.29) is 5.78 Å². The van der Waals surface area contributed by atoms with Crippen LogP contribution >= 0.6 is 0 Å². The lowest BCUT2D eigenvalue weighted by Crippen LogP contribution is -2.29. The molecule has 98 valence electrons. The van der Waals surface area contributed by atoms with Gasteiger partial charge < -0.3 is 0 Å². The van der Waals surface area contributed by atoms with Crippen molar-refractivity contribution in [3.63, 3.8) is 0 Å². The number of benzene rings is 1. The van der Waals surface area contributed by atoms with E-state index in [4.69, 9.17) is 0 Å². The average molecular weight is 254 g/mol. The van der Waals surface area contributed by atoms with Crippen LogP contribution in [-0.2, 0) is 6.54 Å². The van der Waals surface area contributed by atoms with Gasteiger partial charge in [0, 0.05) is 24.5 Å². The summed E-state index contributed by atoms with van der Waals surface area (Å²) in [6.07, 6.45) is 3.56. The number of nitrogens with zero attached hydrogens (tertiary/aromatic N) is 2. The number of carbonyl (C=O) groups excluding carboxylic acids is 1. The molecule has 1 aromatic heterocycles. The SMILES string of the molecule is CCN(CC(=O)c1ccccc1)Cc1ccncc1. The van der Waals surface area contributed by atoms with E-state index < -0.39 is 0 Å². The molecular weight excluding hydrogens is 236 g/mol. The second-order valence-corrected chi connectivity index (χ2v) is 4.45. The largest absolute Gasteiger partial charge is 0.293 e. The van der Waals surface area contributed by atoms with Crippen molar-refractivity contribution < 1.29 is 4.79 Å². The Kier molecular flexibility index (Phi) is 4.81. The lowest BCUT2D eigenvalue weighted by Gasteiger charge is -2.19. The molecule has 2 rings (SSSR count). The summed E-state index contributed by atoms with van der Waals surface area (Å²) in [6, 6.07) is 13.4. The summed E-state index contributed by atoms with van der Waals surface area (Å²) in [5, 5.41) is 0. The number of carbonyl (C=O) groups is 1. The zero-order valence-electron chi connectivity index (χ0n) is 11.1. The molecule has 19 heavy (non-hydrogen) atoms. The third-order valence-corrected chi connectivity index (χ3v) is 3.07. The van der Waals surface area contributed by atoms with E-state index in [1.807, 2.05) is 42.5 Å². The maximum atomic E-state index is 12.2. The Bertz CT molecular complexity index is 511. The first kappa shape index (κ1) is 13.4. The molecule has 0 aliphatic heterocycles. The van der Waals surface area contributed by atoms with Crippen LogP contribution in [0.4, 0.5) is 0 Å². The highest BCUT2D eigenvalue weighted by Gasteiger charge is 2.11. The van der Waals surface area contributed by atoms with Crippen LogP contribution in [0.25, 0.3) is 0 Å². The van der Waals surface area contributed by atoms with Crippen LogP contribution in [0.3, 0.4) is 0 Å². The van der Waals surface area contributed by atoms with Crippen molar-refractivity contribution >= 4 is 5.78 Å². The van der Waals surface area contributed by atoms with E-state index in [9.17, 15) is 4.79 Å². The zero-order valence-corrected chi connectivity index (χ0v) is 11.1. The topological polar surface area (TPSA) is 33.2 Å². The maximum absolute atomic E-state index is 12.2. The van der Waals surface area contributed by atoms with Crippen LogP contribution < -0.4 is 0 Å². The highest BCUT2D eigenvalue weighted by molar-refractivity contribution is 5.97. The molecule has 0 unspecified atom stereocenters. The fraction of sp³-hybridized carbons (Fsp3) is 0.250. The predicted molar refractivity (Wildman–Crippen MR) is 76.0 cm³/mol. The Balaban J connectivity index is 1.98. The minimum absolute atomic E-state index is 0.163. The quantitative estimate of drug-likeness (QED) is 0.743. The molecule has 0 aliphatic carbocycles. The zero-order chi connectivity index (χ0) is 13.5. The Hall–Kier alpha value is -2.00. The number of pyridine rings is 1. The van der Waals surface area contributed by atoms with Gasteiger partial charge in [-0.25, -0.2) is 0 Å². The van der Waals surface area contributed by atoms with E-state index in [1.54, 1.807) is 12.4 Å². The molecule has 0 N–H and O–H groups in total. The summed E-state index contributed by atoms with van der Waals surface area (Å²) < 4.78 is 0. The maximum Gasteiger partial charge on any atom is 0.176 e. The van der Waals surface area contributed by atoms with Crippen molar-refractivity contribution in [1.29, 1.82) is 0 Å². The van der Waals surface area contributed by atoms with Crippen LogP contribution in [0.1, 0.15) is 22.8 Å². The second-order valence-electron chi connectivity index (χ2n) is 4.45. The van der Waals surface area contributed by atoms with E-state index in [1.165, 1.54) is 5.56 Å². The van der Waals surface area contributed by atoms with Crippen LogP contribution in [0.2, 0.25) is 0 Å². The number of rotatable bonds is 6. The second kappa shape index (κ2) is 6.81. The first-order valence-corrected chi connectivity index (χ1v) is 6.49. The van der Waals surface area contributed by atoms with Gasteiger partial charge in [-0.15, -0.1) is 0 Å². The monoisotopic (exact) mass is 254 g/mol. The average Bonchev–Trinajstić information content (AvgIpc) is 2.48. The van der Waals surface area contributed by atoms with E-state index >= 15 is 0 Å². The van der Waals surface area contributed by atoms with Gasteiger partial charge in [0.25, 0.3) is 0 Å². The highest BCUT2D eigenvalue weighted by Crippen LogP contribution is 2.06. The minimum atomic E-state index is 0.163. The third-order valence-electron chi connectivity index (χ3n) is 3.07. The lowest BCUT2D eigenvalue weighted by molar-refractivity contribution is 0.0929. The fourth-order valence-corrected chi connectivity index (χ4v) is 1.94. The summed E-state index contributed by atoms with van der Waals surface area (Å²) in [7, 11) is 0. The molecule has 0 saturated carbocycles. The molecule has 3 nitrogen and oxygen atoms in total. The summed E-state index contributed by atoms with van der Waals surface area (Å²) in [4.78, 5) is 18.3. The molecule has 0 aliphatic rings. The van der Waals surface area contributed by atoms with Gasteiger partial charge in [0.15, 0.2) is 5.78 Å². The van der Waals surface area contributed by atoms with Crippen molar-refractivity contribution in [2.24, 2.45) is 0 Å². The van der Waals surface area contributed by atoms with Gasteiger partial charge in [-0.2, -0.15) is 0 Å². The van der Waals surface area contributed by atoms with Crippen LogP contribution in [0.5, 0.6) is 0 Å². The number of hydrogen-bond acceptors (Lipinski definition) is 3. The van der Waals surface area contributed by atoms with Crippen LogP contribution in [0.15, 0.2) is 54.9 Å². The molecule has 0 amide bonds. The Morgan fingerprint density at radius 1 is 1.11 bits per heavy atom. The van der Waals surface area contributed by atoms with Gasteiger partial charge in [-0.05, 0) is 24.2 Å². The first-order chi connectivity index (χ1) is 9.29. The smallest absolute Gasteiger partial charge is 0.176 e. The van der Waals surface area contributed by atoms with Gasteiger partial charge in [-0.3, -0.25) is 14.7 Å². The van der Waals surface area contributed by atoms with E-state index in [2.05, 4.69) is 16.8 Å². The molecule has 0 spiro atoms. The molecule has 0 bridgehead atoms. The van der Waals surface area contributed by atoms with E-state index in [0.717, 1.165) is 18.7 Å². The van der Waals surface area contributed by atoms with Crippen molar-refractivity contribution in [2.45, 2.75) is 13.5 Å². The molecule has 0 saturated heterocycles. The summed E-state index contributed by atoms with van der Waals surface area (Å²) in [5.74, 6) is 0.163. The summed E-state index contributed by atoms with van der Waals surface area (Å²) in [5.41, 5.74) is 1.95. The van der Waals surface area contributed by atoms with Crippen LogP contribution in [0, 0.1) is 0 Å². The lowest BCUT2D eigenvalue weighted by atomic mass is 10.1. The number of ketones is 1. The number of aromatic nitrogens is 1. The van der Waals surface area contributed by atoms with Gasteiger partial charge in [0.05, 0.1) is 6.54 Å². The molecule has 1 heterocycles. The van der Waals surface area contributed by atoms with Gasteiger partial charge in [0.2, 0.25) is 0 Å². The van der Waals surface area contributed by atoms with Crippen LogP contribution in [-0.4, -0.2) is 28.8 Å². The van der Waals surface area contributed by atoms with Crippen molar-refractivity contribution in [1.82, 2.24) is 9.88 Å². The number of hydrogen-bond donors (Lipinski definition) is 0. The number of Topliss-reactive ketones (excluding diaryl/α,β-unsaturated/α-hetero) is 1. The molecule has 1 aromatic carbocycles. The first-order valence-electron chi connectivity index (χ1n) is 6.49. The minimum Gasteiger partial charge on any atom is -0.293 e. The molecule has 2 aromatic rings. The van der Waals surface area contributed by atoms with Gasteiger partial charge in [-0.1, -0.05) is 37.3 Å². The van der Waals surface area contributed by atoms with Crippen molar-refractivity contribution in [3.05, 3.63) is 66.0 Å². The molecular formula is C16H18N2O. The van der Waals surface area contributed by atoms with Gasteiger partial charge in [0.1, 0.15) is 0 Å². The van der Waals surface area contributed by atoms with E-state index in [0.29, 0.717) is 6.54 Å². The predicted octanol–water partition coefficient (Wildman–Crippen LogP) is 2.79. The Labute approximate surface area is 113 Å². The van der Waals surface area contributed by atoms with Crippen molar-refractivity contribution in [2.75, 3.05) is 13.1 Å². The van der Waals surface area contributed by atoms with Gasteiger partial charge >= 0.3 is 0 Å². The highest BCUT2D eigenvalue weighted by atomic mass is 16.1. The normalized spacial score (nSPS) is 10.6. The molecule has 0 fully saturated rings. The Morgan fingerprint density at radius 2 is 1.79 bits per heavy atom. The molecule has 3 heteroatoms. The third kappa shape index (κ3) is 4.00. The summed E-state index contributed by atoms with van der Waals surface area (Å²) >= 11 is 0. The molecule has 0 atom stereocenters. The van der Waals surface area contributed by atoms with Crippen molar-refractivity contribution in [3.8, 4) is 0 Å².